The molecule has 1 aromatic carbocycles. The SMILES string of the molecule is O=C1C=CC(=O)N1c1c[nH]c2cc(Cl)ccc12. The molecule has 0 bridgehead atoms. The number of nitrogens with one attached hydrogen (secondary N) is 1. The van der Waals surface area contributed by atoms with Crippen molar-refractivity contribution in [3.05, 3.63) is 41.6 Å². The quantitative estimate of drug-likeness (QED) is 0.785. The van der Waals surface area contributed by atoms with Crippen molar-refractivity contribution in [2.45, 2.75) is 0 Å². The van der Waals surface area contributed by atoms with Gasteiger partial charge in [0.2, 0.25) is 0 Å². The highest BCUT2D eigenvalue weighted by molar-refractivity contribution is 6.32. The molecule has 1 aliphatic rings. The Labute approximate surface area is 101 Å². The van der Waals surface area contributed by atoms with Crippen LogP contribution in [0.25, 0.3) is 10.9 Å². The zero-order valence-corrected chi connectivity index (χ0v) is 9.36. The number of anilines is 1. The summed E-state index contributed by atoms with van der Waals surface area (Å²) < 4.78 is 0. The second kappa shape index (κ2) is 3.46. The van der Waals surface area contributed by atoms with Crippen LogP contribution >= 0.6 is 11.6 Å². The number of carbonyl (C=O) groups is 2. The zero-order valence-electron chi connectivity index (χ0n) is 8.61. The monoisotopic (exact) mass is 246 g/mol. The van der Waals surface area contributed by atoms with E-state index in [0.29, 0.717) is 10.7 Å². The third-order valence-corrected chi connectivity index (χ3v) is 2.91. The Morgan fingerprint density at radius 1 is 1.12 bits per heavy atom. The predicted octanol–water partition coefficient (Wildman–Crippen LogP) is 2.25. The molecule has 0 spiro atoms. The lowest BCUT2D eigenvalue weighted by molar-refractivity contribution is -0.119. The van der Waals surface area contributed by atoms with E-state index in [-0.39, 0.29) is 11.8 Å². The van der Waals surface area contributed by atoms with Crippen molar-refractivity contribution >= 4 is 40.0 Å². The number of hydrogen-bond donors (Lipinski definition) is 1. The minimum atomic E-state index is -0.328. The zero-order chi connectivity index (χ0) is 12.0. The van der Waals surface area contributed by atoms with Gasteiger partial charge in [0.25, 0.3) is 11.8 Å². The maximum absolute atomic E-state index is 11.6. The molecule has 0 saturated carbocycles. The number of nitrogens with zero attached hydrogens (tertiary/aromatic N) is 1. The number of imide groups is 1. The van der Waals surface area contributed by atoms with Gasteiger partial charge in [0.05, 0.1) is 5.69 Å². The average Bonchev–Trinajstić information content (AvgIpc) is 2.83. The molecule has 1 N–H and O–H groups in total. The van der Waals surface area contributed by atoms with E-state index >= 15 is 0 Å². The van der Waals surface area contributed by atoms with Crippen molar-refractivity contribution in [1.82, 2.24) is 4.98 Å². The molecule has 0 atom stereocenters. The molecule has 0 radical (unpaired) electrons. The molecule has 17 heavy (non-hydrogen) atoms. The van der Waals surface area contributed by atoms with Crippen LogP contribution in [0.5, 0.6) is 0 Å². The third-order valence-electron chi connectivity index (χ3n) is 2.67. The van der Waals surface area contributed by atoms with Gasteiger partial charge in [-0.05, 0) is 18.2 Å². The van der Waals surface area contributed by atoms with Gasteiger partial charge in [0, 0.05) is 34.3 Å². The Morgan fingerprint density at radius 2 is 1.82 bits per heavy atom. The lowest BCUT2D eigenvalue weighted by Crippen LogP contribution is -2.29. The summed E-state index contributed by atoms with van der Waals surface area (Å²) in [5.74, 6) is -0.656. The maximum atomic E-state index is 11.6. The fourth-order valence-electron chi connectivity index (χ4n) is 1.91. The number of rotatable bonds is 1. The Hall–Kier alpha value is -2.07. The topological polar surface area (TPSA) is 53.2 Å². The van der Waals surface area contributed by atoms with E-state index in [1.807, 2.05) is 0 Å². The van der Waals surface area contributed by atoms with Gasteiger partial charge < -0.3 is 4.98 Å². The Morgan fingerprint density at radius 3 is 2.53 bits per heavy atom. The van der Waals surface area contributed by atoms with Gasteiger partial charge in [-0.2, -0.15) is 0 Å². The smallest absolute Gasteiger partial charge is 0.258 e. The molecule has 3 rings (SSSR count). The molecular weight excluding hydrogens is 240 g/mol. The molecule has 4 nitrogen and oxygen atoms in total. The molecule has 0 aliphatic carbocycles. The van der Waals surface area contributed by atoms with Crippen LogP contribution < -0.4 is 4.90 Å². The summed E-state index contributed by atoms with van der Waals surface area (Å²) in [6.07, 6.45) is 4.15. The molecule has 84 valence electrons. The Bertz CT molecular complexity index is 654. The number of benzene rings is 1. The minimum Gasteiger partial charge on any atom is -0.359 e. The summed E-state index contributed by atoms with van der Waals surface area (Å²) in [6, 6.07) is 5.25. The second-order valence-corrected chi connectivity index (χ2v) is 4.15. The fraction of sp³-hybridized carbons (Fsp3) is 0. The highest BCUT2D eigenvalue weighted by Crippen LogP contribution is 2.30. The summed E-state index contributed by atoms with van der Waals surface area (Å²) >= 11 is 5.87. The van der Waals surface area contributed by atoms with E-state index < -0.39 is 0 Å². The van der Waals surface area contributed by atoms with Gasteiger partial charge in [-0.25, -0.2) is 4.90 Å². The molecule has 1 aliphatic heterocycles. The summed E-state index contributed by atoms with van der Waals surface area (Å²) in [6.45, 7) is 0. The van der Waals surface area contributed by atoms with Crippen molar-refractivity contribution in [3.8, 4) is 0 Å². The normalized spacial score (nSPS) is 15.2. The number of amides is 2. The largest absolute Gasteiger partial charge is 0.359 e. The van der Waals surface area contributed by atoms with Crippen LogP contribution in [0, 0.1) is 0 Å². The van der Waals surface area contributed by atoms with Crippen LogP contribution in [0.3, 0.4) is 0 Å². The molecule has 1 aromatic heterocycles. The van der Waals surface area contributed by atoms with Gasteiger partial charge in [0.15, 0.2) is 0 Å². The van der Waals surface area contributed by atoms with E-state index in [1.54, 1.807) is 24.4 Å². The second-order valence-electron chi connectivity index (χ2n) is 3.71. The summed E-state index contributed by atoms with van der Waals surface area (Å²) in [4.78, 5) is 27.3. The molecular formula is C12H7ClN2O2. The van der Waals surface area contributed by atoms with E-state index in [1.165, 1.54) is 12.2 Å². The Kier molecular flexibility index (Phi) is 2.06. The number of halogens is 1. The van der Waals surface area contributed by atoms with Crippen LogP contribution in [-0.2, 0) is 9.59 Å². The first kappa shape index (κ1) is 10.1. The minimum absolute atomic E-state index is 0.328. The Balaban J connectivity index is 2.19. The molecule has 0 saturated heterocycles. The van der Waals surface area contributed by atoms with E-state index in [0.717, 1.165) is 15.8 Å². The lowest BCUT2D eigenvalue weighted by atomic mass is 10.2. The maximum Gasteiger partial charge on any atom is 0.258 e. The first-order valence-electron chi connectivity index (χ1n) is 4.99. The molecule has 2 aromatic rings. The molecule has 2 amide bonds. The van der Waals surface area contributed by atoms with Crippen LogP contribution in [0.1, 0.15) is 0 Å². The van der Waals surface area contributed by atoms with Crippen molar-refractivity contribution in [2.75, 3.05) is 4.90 Å². The van der Waals surface area contributed by atoms with Gasteiger partial charge >= 0.3 is 0 Å². The summed E-state index contributed by atoms with van der Waals surface area (Å²) in [5.41, 5.74) is 1.34. The van der Waals surface area contributed by atoms with Gasteiger partial charge in [-0.1, -0.05) is 11.6 Å². The standard InChI is InChI=1S/C12H7ClN2O2/c13-7-1-2-8-9(5-7)14-6-10(8)15-11(16)3-4-12(15)17/h1-6,14H. The van der Waals surface area contributed by atoms with Gasteiger partial charge in [-0.3, -0.25) is 9.59 Å². The van der Waals surface area contributed by atoms with Crippen LogP contribution in [0.15, 0.2) is 36.5 Å². The first-order valence-corrected chi connectivity index (χ1v) is 5.37. The summed E-state index contributed by atoms with van der Waals surface area (Å²) in [7, 11) is 0. The number of hydrogen-bond acceptors (Lipinski definition) is 2. The van der Waals surface area contributed by atoms with Gasteiger partial charge in [-0.15, -0.1) is 0 Å². The summed E-state index contributed by atoms with van der Waals surface area (Å²) in [5, 5.41) is 1.39. The number of aromatic amines is 1. The van der Waals surface area contributed by atoms with Gasteiger partial charge in [0.1, 0.15) is 0 Å². The molecule has 5 heteroatoms. The lowest BCUT2D eigenvalue weighted by Gasteiger charge is -2.11. The number of fused-ring (bicyclic) bond motifs is 1. The molecule has 0 unspecified atom stereocenters. The fourth-order valence-corrected chi connectivity index (χ4v) is 2.08. The average molecular weight is 247 g/mol. The first-order chi connectivity index (χ1) is 8.16. The number of aromatic nitrogens is 1. The van der Waals surface area contributed by atoms with Crippen molar-refractivity contribution in [3.63, 3.8) is 0 Å². The number of H-pyrrole nitrogens is 1. The van der Waals surface area contributed by atoms with Crippen LogP contribution in [0.4, 0.5) is 5.69 Å². The van der Waals surface area contributed by atoms with Crippen molar-refractivity contribution in [2.24, 2.45) is 0 Å². The van der Waals surface area contributed by atoms with Crippen LogP contribution in [-0.4, -0.2) is 16.8 Å². The highest BCUT2D eigenvalue weighted by Gasteiger charge is 2.27. The number of carbonyl (C=O) groups excluding carboxylic acids is 2. The van der Waals surface area contributed by atoms with E-state index in [2.05, 4.69) is 4.98 Å². The molecule has 2 heterocycles. The van der Waals surface area contributed by atoms with Crippen molar-refractivity contribution in [1.29, 1.82) is 0 Å². The van der Waals surface area contributed by atoms with E-state index in [9.17, 15) is 9.59 Å². The van der Waals surface area contributed by atoms with Crippen LogP contribution in [0.2, 0.25) is 5.02 Å². The highest BCUT2D eigenvalue weighted by atomic mass is 35.5. The predicted molar refractivity (Wildman–Crippen MR) is 64.9 cm³/mol. The van der Waals surface area contributed by atoms with Crippen molar-refractivity contribution < 1.29 is 9.59 Å². The third kappa shape index (κ3) is 1.45. The van der Waals surface area contributed by atoms with E-state index in [4.69, 9.17) is 11.6 Å². The molecule has 0 fully saturated rings.